The van der Waals surface area contributed by atoms with Crippen LogP contribution >= 0.6 is 24.0 Å². The Morgan fingerprint density at radius 2 is 1.92 bits per heavy atom. The molecule has 0 spiro atoms. The summed E-state index contributed by atoms with van der Waals surface area (Å²) in [6, 6.07) is 5.76. The van der Waals surface area contributed by atoms with Gasteiger partial charge in [-0.1, -0.05) is 13.3 Å². The van der Waals surface area contributed by atoms with E-state index in [1.807, 2.05) is 18.2 Å². The number of guanidine groups is 1. The quantitative estimate of drug-likeness (QED) is 0.248. The van der Waals surface area contributed by atoms with Gasteiger partial charge in [-0.15, -0.1) is 24.0 Å². The van der Waals surface area contributed by atoms with Crippen LogP contribution in [0, 0.1) is 0 Å². The Morgan fingerprint density at radius 1 is 1.12 bits per heavy atom. The molecule has 1 aromatic carbocycles. The molecule has 0 unspecified atom stereocenters. The molecule has 0 aliphatic heterocycles. The number of methoxy groups -OCH3 is 2. The number of nitrogens with zero attached hydrogens (tertiary/aromatic N) is 1. The van der Waals surface area contributed by atoms with Gasteiger partial charge in [0.1, 0.15) is 11.5 Å². The summed E-state index contributed by atoms with van der Waals surface area (Å²) in [6.45, 7) is 4.98. The Balaban J connectivity index is 0.00000529. The molecule has 138 valence electrons. The van der Waals surface area contributed by atoms with Gasteiger partial charge in [0.05, 0.1) is 20.8 Å². The van der Waals surface area contributed by atoms with Crippen LogP contribution in [-0.4, -0.2) is 47.0 Å². The lowest BCUT2D eigenvalue weighted by atomic mass is 10.2. The second-order valence-electron chi connectivity index (χ2n) is 5.00. The van der Waals surface area contributed by atoms with E-state index in [1.165, 1.54) is 0 Å². The zero-order chi connectivity index (χ0) is 16.9. The summed E-state index contributed by atoms with van der Waals surface area (Å²) < 4.78 is 16.1. The highest BCUT2D eigenvalue weighted by Crippen LogP contribution is 2.24. The standard InChI is InChI=1S/C17H29N3O3.HI/c1-5-6-10-23-11-9-19-17(18-2)20-13-14-7-8-15(21-3)12-16(14)22-4;/h7-8,12H,5-6,9-11,13H2,1-4H3,(H2,18,19,20);1H. The van der Waals surface area contributed by atoms with Crippen LogP contribution in [0.25, 0.3) is 0 Å². The smallest absolute Gasteiger partial charge is 0.191 e. The van der Waals surface area contributed by atoms with Gasteiger partial charge < -0.3 is 24.8 Å². The van der Waals surface area contributed by atoms with Gasteiger partial charge in [-0.3, -0.25) is 4.99 Å². The SMILES string of the molecule is CCCCOCCNC(=NC)NCc1ccc(OC)cc1OC.I. The number of benzene rings is 1. The lowest BCUT2D eigenvalue weighted by Crippen LogP contribution is -2.38. The summed E-state index contributed by atoms with van der Waals surface area (Å²) in [6.07, 6.45) is 2.25. The van der Waals surface area contributed by atoms with Crippen LogP contribution in [0.3, 0.4) is 0 Å². The molecule has 0 aromatic heterocycles. The largest absolute Gasteiger partial charge is 0.497 e. The number of hydrogen-bond acceptors (Lipinski definition) is 4. The molecule has 0 aliphatic rings. The highest BCUT2D eigenvalue weighted by Gasteiger charge is 2.06. The van der Waals surface area contributed by atoms with Crippen molar-refractivity contribution in [3.63, 3.8) is 0 Å². The summed E-state index contributed by atoms with van der Waals surface area (Å²) in [5.41, 5.74) is 1.04. The summed E-state index contributed by atoms with van der Waals surface area (Å²) in [7, 11) is 5.04. The minimum atomic E-state index is 0. The van der Waals surface area contributed by atoms with Crippen molar-refractivity contribution in [1.29, 1.82) is 0 Å². The van der Waals surface area contributed by atoms with E-state index in [-0.39, 0.29) is 24.0 Å². The molecule has 0 bridgehead atoms. The third kappa shape index (κ3) is 8.58. The third-order valence-corrected chi connectivity index (χ3v) is 3.35. The maximum atomic E-state index is 5.51. The Labute approximate surface area is 162 Å². The molecule has 0 fully saturated rings. The Kier molecular flexibility index (Phi) is 13.4. The van der Waals surface area contributed by atoms with Crippen molar-refractivity contribution in [1.82, 2.24) is 10.6 Å². The average Bonchev–Trinajstić information content (AvgIpc) is 2.60. The lowest BCUT2D eigenvalue weighted by Gasteiger charge is -2.14. The molecule has 0 aliphatic carbocycles. The predicted octanol–water partition coefficient (Wildman–Crippen LogP) is 2.80. The second kappa shape index (κ2) is 14.2. The van der Waals surface area contributed by atoms with E-state index in [9.17, 15) is 0 Å². The highest BCUT2D eigenvalue weighted by atomic mass is 127. The monoisotopic (exact) mass is 451 g/mol. The first kappa shape index (κ1) is 22.8. The zero-order valence-electron chi connectivity index (χ0n) is 15.1. The van der Waals surface area contributed by atoms with Gasteiger partial charge in [-0.05, 0) is 18.6 Å². The summed E-state index contributed by atoms with van der Waals surface area (Å²) in [5.74, 6) is 2.30. The van der Waals surface area contributed by atoms with Gasteiger partial charge in [0.15, 0.2) is 5.96 Å². The molecule has 7 heteroatoms. The van der Waals surface area contributed by atoms with E-state index in [4.69, 9.17) is 14.2 Å². The number of unbranched alkanes of at least 4 members (excludes halogenated alkanes) is 1. The van der Waals surface area contributed by atoms with Gasteiger partial charge >= 0.3 is 0 Å². The molecule has 0 saturated heterocycles. The van der Waals surface area contributed by atoms with Crippen molar-refractivity contribution in [2.24, 2.45) is 4.99 Å². The van der Waals surface area contributed by atoms with Crippen molar-refractivity contribution in [2.75, 3.05) is 41.0 Å². The molecule has 6 nitrogen and oxygen atoms in total. The topological polar surface area (TPSA) is 64.1 Å². The van der Waals surface area contributed by atoms with Crippen LogP contribution in [0.1, 0.15) is 25.3 Å². The van der Waals surface area contributed by atoms with E-state index >= 15 is 0 Å². The molecule has 1 rings (SSSR count). The number of hydrogen-bond donors (Lipinski definition) is 2. The van der Waals surface area contributed by atoms with Crippen molar-refractivity contribution < 1.29 is 14.2 Å². The molecule has 2 N–H and O–H groups in total. The first-order valence-electron chi connectivity index (χ1n) is 7.98. The fourth-order valence-corrected chi connectivity index (χ4v) is 1.99. The van der Waals surface area contributed by atoms with Gasteiger partial charge in [0, 0.05) is 38.4 Å². The zero-order valence-corrected chi connectivity index (χ0v) is 17.4. The summed E-state index contributed by atoms with van der Waals surface area (Å²) in [5, 5.41) is 6.49. The van der Waals surface area contributed by atoms with Gasteiger partial charge in [-0.25, -0.2) is 0 Å². The van der Waals surface area contributed by atoms with E-state index < -0.39 is 0 Å². The predicted molar refractivity (Wildman–Crippen MR) is 109 cm³/mol. The van der Waals surface area contributed by atoms with Crippen LogP contribution in [0.2, 0.25) is 0 Å². The number of ether oxygens (including phenoxy) is 3. The molecular weight excluding hydrogens is 421 g/mol. The van der Waals surface area contributed by atoms with E-state index in [0.717, 1.165) is 49.0 Å². The van der Waals surface area contributed by atoms with Crippen LogP contribution in [0.5, 0.6) is 11.5 Å². The third-order valence-electron chi connectivity index (χ3n) is 3.35. The summed E-state index contributed by atoms with van der Waals surface area (Å²) >= 11 is 0. The maximum Gasteiger partial charge on any atom is 0.191 e. The molecule has 0 saturated carbocycles. The Bertz CT molecular complexity index is 484. The van der Waals surface area contributed by atoms with Crippen LogP contribution in [-0.2, 0) is 11.3 Å². The molecule has 0 radical (unpaired) electrons. The fraction of sp³-hybridized carbons (Fsp3) is 0.588. The second-order valence-corrected chi connectivity index (χ2v) is 5.00. The molecular formula is C17H30IN3O3. The Morgan fingerprint density at radius 3 is 2.54 bits per heavy atom. The van der Waals surface area contributed by atoms with E-state index in [1.54, 1.807) is 21.3 Å². The van der Waals surface area contributed by atoms with E-state index in [2.05, 4.69) is 22.5 Å². The molecule has 0 amide bonds. The van der Waals surface area contributed by atoms with Gasteiger partial charge in [0.2, 0.25) is 0 Å². The molecule has 0 heterocycles. The maximum absolute atomic E-state index is 5.51. The van der Waals surface area contributed by atoms with Gasteiger partial charge in [-0.2, -0.15) is 0 Å². The Hall–Kier alpha value is -1.22. The molecule has 1 aromatic rings. The lowest BCUT2D eigenvalue weighted by molar-refractivity contribution is 0.136. The average molecular weight is 451 g/mol. The van der Waals surface area contributed by atoms with E-state index in [0.29, 0.717) is 13.2 Å². The van der Waals surface area contributed by atoms with Crippen LogP contribution in [0.4, 0.5) is 0 Å². The van der Waals surface area contributed by atoms with Crippen molar-refractivity contribution >= 4 is 29.9 Å². The summed E-state index contributed by atoms with van der Waals surface area (Å²) in [4.78, 5) is 4.20. The first-order valence-corrected chi connectivity index (χ1v) is 7.98. The fourth-order valence-electron chi connectivity index (χ4n) is 1.99. The number of nitrogens with one attached hydrogen (secondary N) is 2. The molecule has 0 atom stereocenters. The minimum Gasteiger partial charge on any atom is -0.497 e. The first-order chi connectivity index (χ1) is 11.2. The van der Waals surface area contributed by atoms with Crippen molar-refractivity contribution in [3.8, 4) is 11.5 Å². The van der Waals surface area contributed by atoms with Crippen molar-refractivity contribution in [2.45, 2.75) is 26.3 Å². The minimum absolute atomic E-state index is 0. The number of rotatable bonds is 10. The highest BCUT2D eigenvalue weighted by molar-refractivity contribution is 14.0. The van der Waals surface area contributed by atoms with Crippen LogP contribution in [0.15, 0.2) is 23.2 Å². The van der Waals surface area contributed by atoms with Gasteiger partial charge in [0.25, 0.3) is 0 Å². The number of aliphatic imine (C=N–C) groups is 1. The normalized spacial score (nSPS) is 10.8. The van der Waals surface area contributed by atoms with Crippen molar-refractivity contribution in [3.05, 3.63) is 23.8 Å². The molecule has 24 heavy (non-hydrogen) atoms. The van der Waals surface area contributed by atoms with Crippen LogP contribution < -0.4 is 20.1 Å². The number of halogens is 1.